The first kappa shape index (κ1) is 20.3. The third kappa shape index (κ3) is 3.54. The fourth-order valence-corrected chi connectivity index (χ4v) is 5.13. The number of carbonyl (C=O) groups excluding carboxylic acids is 1. The second-order valence-corrected chi connectivity index (χ2v) is 8.43. The van der Waals surface area contributed by atoms with Crippen LogP contribution in [0, 0.1) is 0 Å². The third-order valence-corrected chi connectivity index (χ3v) is 6.62. The first-order valence-electron chi connectivity index (χ1n) is 11.1. The standard InChI is InChI=1S/C27H25NO4/c29-26(30)23-15-7-8-16-25(23)28(18-9-1-2-10-18)27(31)32-17-24-21-13-5-3-11-19(21)20-12-4-6-14-22(20)24/h3-8,11-16,18,24H,1-2,9-10,17H2,(H,29,30). The van der Waals surface area contributed by atoms with Crippen molar-refractivity contribution in [3.63, 3.8) is 0 Å². The highest BCUT2D eigenvalue weighted by Crippen LogP contribution is 2.44. The molecule has 3 aromatic carbocycles. The lowest BCUT2D eigenvalue weighted by atomic mass is 9.98. The molecule has 0 unspecified atom stereocenters. The maximum Gasteiger partial charge on any atom is 0.414 e. The van der Waals surface area contributed by atoms with E-state index in [0.29, 0.717) is 5.69 Å². The Morgan fingerprint density at radius 1 is 0.844 bits per heavy atom. The van der Waals surface area contributed by atoms with E-state index in [2.05, 4.69) is 24.3 Å². The Bertz CT molecular complexity index is 1120. The van der Waals surface area contributed by atoms with Crippen LogP contribution in [-0.4, -0.2) is 29.8 Å². The van der Waals surface area contributed by atoms with Gasteiger partial charge >= 0.3 is 12.1 Å². The van der Waals surface area contributed by atoms with Crippen LogP contribution in [0.15, 0.2) is 72.8 Å². The van der Waals surface area contributed by atoms with Crippen molar-refractivity contribution in [2.45, 2.75) is 37.6 Å². The van der Waals surface area contributed by atoms with Crippen LogP contribution >= 0.6 is 0 Å². The van der Waals surface area contributed by atoms with Gasteiger partial charge in [0.25, 0.3) is 0 Å². The van der Waals surface area contributed by atoms with Gasteiger partial charge in [0.2, 0.25) is 0 Å². The molecule has 0 bridgehead atoms. The number of carbonyl (C=O) groups is 2. The molecule has 1 amide bonds. The molecule has 0 saturated heterocycles. The van der Waals surface area contributed by atoms with Gasteiger partial charge in [-0.25, -0.2) is 9.59 Å². The largest absolute Gasteiger partial charge is 0.478 e. The van der Waals surface area contributed by atoms with E-state index in [-0.39, 0.29) is 24.1 Å². The summed E-state index contributed by atoms with van der Waals surface area (Å²) in [6.45, 7) is 0.214. The molecule has 3 aromatic rings. The number of carboxylic acid groups (broad SMARTS) is 1. The monoisotopic (exact) mass is 427 g/mol. The van der Waals surface area contributed by atoms with Gasteiger partial charge in [-0.1, -0.05) is 73.5 Å². The topological polar surface area (TPSA) is 66.8 Å². The molecule has 0 radical (unpaired) electrons. The number of anilines is 1. The smallest absolute Gasteiger partial charge is 0.414 e. The molecule has 5 heteroatoms. The molecule has 0 atom stereocenters. The summed E-state index contributed by atoms with van der Waals surface area (Å²) < 4.78 is 5.90. The summed E-state index contributed by atoms with van der Waals surface area (Å²) in [7, 11) is 0. The summed E-state index contributed by atoms with van der Waals surface area (Å²) in [4.78, 5) is 26.8. The number of hydrogen-bond acceptors (Lipinski definition) is 3. The Hall–Kier alpha value is -3.60. The fraction of sp³-hybridized carbons (Fsp3) is 0.259. The highest BCUT2D eigenvalue weighted by Gasteiger charge is 2.34. The fourth-order valence-electron chi connectivity index (χ4n) is 5.13. The predicted molar refractivity (Wildman–Crippen MR) is 123 cm³/mol. The highest BCUT2D eigenvalue weighted by molar-refractivity contribution is 6.00. The molecule has 0 aromatic heterocycles. The molecule has 2 aliphatic rings. The van der Waals surface area contributed by atoms with Crippen LogP contribution in [0.4, 0.5) is 10.5 Å². The average molecular weight is 428 g/mol. The van der Waals surface area contributed by atoms with Gasteiger partial charge in [0, 0.05) is 12.0 Å². The second-order valence-electron chi connectivity index (χ2n) is 8.43. The van der Waals surface area contributed by atoms with Gasteiger partial charge in [-0.2, -0.15) is 0 Å². The molecule has 1 fully saturated rings. The Morgan fingerprint density at radius 2 is 1.41 bits per heavy atom. The molecule has 1 saturated carbocycles. The normalized spacial score (nSPS) is 15.2. The van der Waals surface area contributed by atoms with Gasteiger partial charge < -0.3 is 9.84 Å². The van der Waals surface area contributed by atoms with Gasteiger partial charge in [0.05, 0.1) is 11.3 Å². The number of benzene rings is 3. The Morgan fingerprint density at radius 3 is 2.03 bits per heavy atom. The minimum absolute atomic E-state index is 0.0357. The lowest BCUT2D eigenvalue weighted by Crippen LogP contribution is -2.40. The second kappa shape index (κ2) is 8.50. The van der Waals surface area contributed by atoms with E-state index in [1.165, 1.54) is 17.2 Å². The zero-order valence-electron chi connectivity index (χ0n) is 17.7. The van der Waals surface area contributed by atoms with E-state index in [9.17, 15) is 14.7 Å². The molecule has 162 valence electrons. The van der Waals surface area contributed by atoms with Crippen LogP contribution in [0.3, 0.4) is 0 Å². The van der Waals surface area contributed by atoms with Crippen LogP contribution in [0.5, 0.6) is 0 Å². The van der Waals surface area contributed by atoms with E-state index in [0.717, 1.165) is 36.8 Å². The third-order valence-electron chi connectivity index (χ3n) is 6.62. The molecule has 5 nitrogen and oxygen atoms in total. The molecule has 2 aliphatic carbocycles. The number of nitrogens with zero attached hydrogens (tertiary/aromatic N) is 1. The van der Waals surface area contributed by atoms with Crippen molar-refractivity contribution in [2.24, 2.45) is 0 Å². The van der Waals surface area contributed by atoms with E-state index in [1.54, 1.807) is 23.1 Å². The Labute approximate surface area is 187 Å². The quantitative estimate of drug-likeness (QED) is 0.536. The number of amides is 1. The molecule has 0 aliphatic heterocycles. The average Bonchev–Trinajstić information content (AvgIpc) is 3.45. The summed E-state index contributed by atoms with van der Waals surface area (Å²) in [5.74, 6) is -1.08. The van der Waals surface area contributed by atoms with E-state index in [4.69, 9.17) is 4.74 Å². The van der Waals surface area contributed by atoms with Crippen LogP contribution in [0.25, 0.3) is 11.1 Å². The number of rotatable bonds is 5. The number of fused-ring (bicyclic) bond motifs is 3. The summed E-state index contributed by atoms with van der Waals surface area (Å²) in [6, 6.07) is 23.1. The summed E-state index contributed by atoms with van der Waals surface area (Å²) in [6.07, 6.45) is 3.25. The first-order chi connectivity index (χ1) is 15.6. The summed E-state index contributed by atoms with van der Waals surface area (Å²) >= 11 is 0. The zero-order valence-corrected chi connectivity index (χ0v) is 17.7. The molecule has 5 rings (SSSR count). The van der Waals surface area contributed by atoms with Crippen molar-refractivity contribution in [3.8, 4) is 11.1 Å². The van der Waals surface area contributed by atoms with Crippen molar-refractivity contribution < 1.29 is 19.4 Å². The number of para-hydroxylation sites is 1. The van der Waals surface area contributed by atoms with Crippen molar-refractivity contribution in [1.29, 1.82) is 0 Å². The Kier molecular flexibility index (Phi) is 5.39. The molecule has 1 N–H and O–H groups in total. The summed E-state index contributed by atoms with van der Waals surface area (Å²) in [5.41, 5.74) is 5.18. The van der Waals surface area contributed by atoms with Gasteiger partial charge in [-0.15, -0.1) is 0 Å². The van der Waals surface area contributed by atoms with Crippen LogP contribution in [0.2, 0.25) is 0 Å². The molecule has 0 spiro atoms. The van der Waals surface area contributed by atoms with E-state index < -0.39 is 12.1 Å². The van der Waals surface area contributed by atoms with Crippen LogP contribution < -0.4 is 4.90 Å². The van der Waals surface area contributed by atoms with Crippen molar-refractivity contribution >= 4 is 17.7 Å². The van der Waals surface area contributed by atoms with Crippen LogP contribution in [0.1, 0.15) is 53.1 Å². The van der Waals surface area contributed by atoms with E-state index in [1.807, 2.05) is 24.3 Å². The maximum absolute atomic E-state index is 13.4. The molecular formula is C27H25NO4. The van der Waals surface area contributed by atoms with Crippen LogP contribution in [-0.2, 0) is 4.74 Å². The SMILES string of the molecule is O=C(O)c1ccccc1N(C(=O)OCC1c2ccccc2-c2ccccc21)C1CCCC1. The van der Waals surface area contributed by atoms with Gasteiger partial charge in [0.15, 0.2) is 0 Å². The minimum Gasteiger partial charge on any atom is -0.478 e. The lowest BCUT2D eigenvalue weighted by molar-refractivity contribution is 0.0697. The predicted octanol–water partition coefficient (Wildman–Crippen LogP) is 6.08. The lowest BCUT2D eigenvalue weighted by Gasteiger charge is -2.30. The minimum atomic E-state index is -1.05. The molecule has 32 heavy (non-hydrogen) atoms. The van der Waals surface area contributed by atoms with Gasteiger partial charge in [0.1, 0.15) is 6.61 Å². The Balaban J connectivity index is 1.44. The van der Waals surface area contributed by atoms with E-state index >= 15 is 0 Å². The van der Waals surface area contributed by atoms with Gasteiger partial charge in [-0.3, -0.25) is 4.90 Å². The van der Waals surface area contributed by atoms with Gasteiger partial charge in [-0.05, 0) is 47.2 Å². The first-order valence-corrected chi connectivity index (χ1v) is 11.1. The van der Waals surface area contributed by atoms with Crippen molar-refractivity contribution in [2.75, 3.05) is 11.5 Å². The number of ether oxygens (including phenoxy) is 1. The molecular weight excluding hydrogens is 402 g/mol. The number of hydrogen-bond donors (Lipinski definition) is 1. The highest BCUT2D eigenvalue weighted by atomic mass is 16.6. The number of aromatic carboxylic acids is 1. The van der Waals surface area contributed by atoms with Crippen molar-refractivity contribution in [1.82, 2.24) is 0 Å². The van der Waals surface area contributed by atoms with Crippen molar-refractivity contribution in [3.05, 3.63) is 89.5 Å². The zero-order chi connectivity index (χ0) is 22.1. The molecule has 0 heterocycles. The number of carboxylic acids is 1. The summed E-state index contributed by atoms with van der Waals surface area (Å²) in [5, 5.41) is 9.68. The maximum atomic E-state index is 13.4.